The van der Waals surface area contributed by atoms with Gasteiger partial charge < -0.3 is 14.6 Å². The number of carbonyl (C=O) groups is 1. The van der Waals surface area contributed by atoms with Crippen LogP contribution in [-0.4, -0.2) is 53.6 Å². The number of anilines is 1. The summed E-state index contributed by atoms with van der Waals surface area (Å²) in [4.78, 5) is 25.8. The lowest BCUT2D eigenvalue weighted by molar-refractivity contribution is -0.122. The predicted octanol–water partition coefficient (Wildman–Crippen LogP) is 5.13. The third-order valence-corrected chi connectivity index (χ3v) is 7.08. The third kappa shape index (κ3) is 4.12. The van der Waals surface area contributed by atoms with E-state index in [0.717, 1.165) is 72.0 Å². The maximum atomic E-state index is 13.0. The van der Waals surface area contributed by atoms with Crippen molar-refractivity contribution in [2.75, 3.05) is 37.7 Å². The molecule has 0 saturated carbocycles. The molecule has 2 aliphatic heterocycles. The number of imidazole rings is 1. The molecule has 1 saturated heterocycles. The number of hydrogen-bond donors (Lipinski definition) is 1. The van der Waals surface area contributed by atoms with E-state index < -0.39 is 5.41 Å². The van der Waals surface area contributed by atoms with Crippen LogP contribution in [0.15, 0.2) is 36.4 Å². The molecule has 2 aliphatic rings. The van der Waals surface area contributed by atoms with Crippen molar-refractivity contribution >= 4 is 22.6 Å². The van der Waals surface area contributed by atoms with Crippen LogP contribution in [0, 0.1) is 0 Å². The Bertz CT molecular complexity index is 1140. The van der Waals surface area contributed by atoms with Gasteiger partial charge in [0, 0.05) is 18.7 Å². The molecule has 0 bridgehead atoms. The third-order valence-electron chi connectivity index (χ3n) is 7.08. The molecular formula is C27H34N4O2. The Balaban J connectivity index is 1.35. The minimum atomic E-state index is -0.517. The monoisotopic (exact) mass is 446 g/mol. The molecule has 0 unspecified atom stereocenters. The Morgan fingerprint density at radius 1 is 1.09 bits per heavy atom. The number of nitrogens with one attached hydrogen (secondary N) is 1. The summed E-state index contributed by atoms with van der Waals surface area (Å²) in [6.07, 6.45) is 4.67. The quantitative estimate of drug-likeness (QED) is 0.521. The highest BCUT2D eigenvalue weighted by atomic mass is 16.5. The zero-order valence-corrected chi connectivity index (χ0v) is 20.0. The van der Waals surface area contributed by atoms with Crippen molar-refractivity contribution in [3.63, 3.8) is 0 Å². The molecule has 0 spiro atoms. The van der Waals surface area contributed by atoms with Gasteiger partial charge in [0.25, 0.3) is 0 Å². The van der Waals surface area contributed by atoms with Gasteiger partial charge in [0.1, 0.15) is 18.2 Å². The van der Waals surface area contributed by atoms with E-state index in [2.05, 4.69) is 41.1 Å². The van der Waals surface area contributed by atoms with Crippen LogP contribution >= 0.6 is 0 Å². The fraction of sp³-hybridized carbons (Fsp3) is 0.481. The van der Waals surface area contributed by atoms with Gasteiger partial charge in [-0.15, -0.1) is 0 Å². The lowest BCUT2D eigenvalue weighted by Gasteiger charge is -2.20. The van der Waals surface area contributed by atoms with Gasteiger partial charge in [-0.1, -0.05) is 13.3 Å². The van der Waals surface area contributed by atoms with E-state index in [1.54, 1.807) is 0 Å². The summed E-state index contributed by atoms with van der Waals surface area (Å²) in [6.45, 7) is 11.0. The van der Waals surface area contributed by atoms with Gasteiger partial charge in [-0.2, -0.15) is 0 Å². The number of aromatic nitrogens is 2. The molecule has 3 heterocycles. The Morgan fingerprint density at radius 3 is 2.58 bits per heavy atom. The number of ether oxygens (including phenoxy) is 1. The molecule has 174 valence electrons. The second kappa shape index (κ2) is 8.82. The number of rotatable bonds is 8. The molecule has 1 N–H and O–H groups in total. The van der Waals surface area contributed by atoms with Crippen LogP contribution in [0.5, 0.6) is 5.75 Å². The molecular weight excluding hydrogens is 412 g/mol. The molecule has 0 aliphatic carbocycles. The average Bonchev–Trinajstić information content (AvgIpc) is 3.51. The fourth-order valence-corrected chi connectivity index (χ4v) is 5.01. The second-order valence-corrected chi connectivity index (χ2v) is 9.83. The van der Waals surface area contributed by atoms with Crippen LogP contribution in [0.3, 0.4) is 0 Å². The van der Waals surface area contributed by atoms with E-state index >= 15 is 0 Å². The van der Waals surface area contributed by atoms with Crippen LogP contribution in [0.2, 0.25) is 0 Å². The molecule has 1 aromatic heterocycles. The number of likely N-dealkylation sites (tertiary alicyclic amines) is 1. The maximum absolute atomic E-state index is 13.0. The van der Waals surface area contributed by atoms with E-state index in [-0.39, 0.29) is 5.91 Å². The largest absolute Gasteiger partial charge is 0.492 e. The molecule has 1 fully saturated rings. The number of nitrogens with zero attached hydrogens (tertiary/aromatic N) is 3. The van der Waals surface area contributed by atoms with Gasteiger partial charge in [0.2, 0.25) is 5.91 Å². The van der Waals surface area contributed by atoms with Gasteiger partial charge in [-0.3, -0.25) is 9.69 Å². The molecule has 0 atom stereocenters. The Kier molecular flexibility index (Phi) is 5.87. The van der Waals surface area contributed by atoms with Crippen LogP contribution < -0.4 is 9.64 Å². The molecule has 6 nitrogen and oxygen atoms in total. The fourth-order valence-electron chi connectivity index (χ4n) is 5.01. The van der Waals surface area contributed by atoms with E-state index in [1.165, 1.54) is 25.9 Å². The van der Waals surface area contributed by atoms with Crippen molar-refractivity contribution in [3.8, 4) is 17.1 Å². The number of H-pyrrole nitrogens is 1. The Hall–Kier alpha value is -2.86. The summed E-state index contributed by atoms with van der Waals surface area (Å²) >= 11 is 0. The van der Waals surface area contributed by atoms with Crippen molar-refractivity contribution in [2.45, 2.75) is 51.9 Å². The standard InChI is InChI=1S/C27H34N4O2/c1-4-5-14-31-24-18-23-22(17-21(24)27(2,3)26(31)32)28-25(29-23)19-8-10-20(11-9-19)33-16-15-30-12-6-7-13-30/h8-11,17-18H,4-7,12-16H2,1-3H3,(H,28,29). The van der Waals surface area contributed by atoms with Crippen molar-refractivity contribution in [2.24, 2.45) is 0 Å². The van der Waals surface area contributed by atoms with Crippen LogP contribution in [-0.2, 0) is 10.2 Å². The van der Waals surface area contributed by atoms with Crippen molar-refractivity contribution in [1.82, 2.24) is 14.9 Å². The van der Waals surface area contributed by atoms with E-state index in [9.17, 15) is 4.79 Å². The van der Waals surface area contributed by atoms with E-state index in [1.807, 2.05) is 30.9 Å². The van der Waals surface area contributed by atoms with Crippen LogP contribution in [0.1, 0.15) is 52.0 Å². The number of benzene rings is 2. The predicted molar refractivity (Wildman–Crippen MR) is 133 cm³/mol. The number of carbonyl (C=O) groups excluding carboxylic acids is 1. The molecule has 33 heavy (non-hydrogen) atoms. The normalized spacial score (nSPS) is 17.8. The van der Waals surface area contributed by atoms with Gasteiger partial charge in [-0.25, -0.2) is 4.98 Å². The van der Waals surface area contributed by atoms with Gasteiger partial charge in [0.15, 0.2) is 0 Å². The minimum Gasteiger partial charge on any atom is -0.492 e. The van der Waals surface area contributed by atoms with Gasteiger partial charge in [-0.05, 0) is 88.2 Å². The molecule has 3 aromatic rings. The number of fused-ring (bicyclic) bond motifs is 2. The maximum Gasteiger partial charge on any atom is 0.237 e. The van der Waals surface area contributed by atoms with Gasteiger partial charge >= 0.3 is 0 Å². The van der Waals surface area contributed by atoms with Gasteiger partial charge in [0.05, 0.1) is 22.1 Å². The second-order valence-electron chi connectivity index (χ2n) is 9.83. The Morgan fingerprint density at radius 2 is 1.85 bits per heavy atom. The van der Waals surface area contributed by atoms with Crippen molar-refractivity contribution < 1.29 is 9.53 Å². The number of aromatic amines is 1. The number of hydrogen-bond acceptors (Lipinski definition) is 4. The lowest BCUT2D eigenvalue weighted by atomic mass is 9.86. The van der Waals surface area contributed by atoms with Crippen molar-refractivity contribution in [1.29, 1.82) is 0 Å². The summed E-state index contributed by atoms with van der Waals surface area (Å²) in [5, 5.41) is 0. The van der Waals surface area contributed by atoms with E-state index in [4.69, 9.17) is 9.72 Å². The average molecular weight is 447 g/mol. The molecule has 5 rings (SSSR count). The first-order chi connectivity index (χ1) is 16.0. The first kappa shape index (κ1) is 22.0. The highest BCUT2D eigenvalue weighted by molar-refractivity contribution is 6.09. The number of amides is 1. The summed E-state index contributed by atoms with van der Waals surface area (Å²) in [6, 6.07) is 12.3. The zero-order chi connectivity index (χ0) is 23.0. The van der Waals surface area contributed by atoms with E-state index in [0.29, 0.717) is 0 Å². The number of unbranched alkanes of at least 4 members (excludes halogenated alkanes) is 1. The SMILES string of the molecule is CCCCN1C(=O)C(C)(C)c2cc3[nH]c(-c4ccc(OCCN5CCCC5)cc4)nc3cc21. The molecule has 6 heteroatoms. The van der Waals surface area contributed by atoms with Crippen molar-refractivity contribution in [3.05, 3.63) is 42.0 Å². The smallest absolute Gasteiger partial charge is 0.237 e. The summed E-state index contributed by atoms with van der Waals surface area (Å²) < 4.78 is 5.94. The summed E-state index contributed by atoms with van der Waals surface area (Å²) in [5.41, 5.74) is 4.45. The zero-order valence-electron chi connectivity index (χ0n) is 20.0. The minimum absolute atomic E-state index is 0.180. The topological polar surface area (TPSA) is 61.5 Å². The first-order valence-corrected chi connectivity index (χ1v) is 12.3. The lowest BCUT2D eigenvalue weighted by Crippen LogP contribution is -2.36. The highest BCUT2D eigenvalue weighted by Crippen LogP contribution is 2.43. The Labute approximate surface area is 195 Å². The van der Waals surface area contributed by atoms with Crippen LogP contribution in [0.4, 0.5) is 5.69 Å². The molecule has 2 aromatic carbocycles. The highest BCUT2D eigenvalue weighted by Gasteiger charge is 2.43. The molecule has 0 radical (unpaired) electrons. The van der Waals surface area contributed by atoms with Crippen LogP contribution in [0.25, 0.3) is 22.4 Å². The summed E-state index contributed by atoms with van der Waals surface area (Å²) in [5.74, 6) is 1.90. The summed E-state index contributed by atoms with van der Waals surface area (Å²) in [7, 11) is 0. The first-order valence-electron chi connectivity index (χ1n) is 12.3. The molecule has 1 amide bonds.